The van der Waals surface area contributed by atoms with Gasteiger partial charge in [0.05, 0.1) is 12.7 Å². The van der Waals surface area contributed by atoms with Crippen molar-refractivity contribution in [1.82, 2.24) is 0 Å². The Balaban J connectivity index is 3.16. The lowest BCUT2D eigenvalue weighted by molar-refractivity contribution is 0.113. The Bertz CT molecular complexity index is 95.8. The minimum Gasteiger partial charge on any atom is -0.394 e. The number of carbonyl (C=O) groups is 1. The predicted octanol–water partition coefficient (Wildman–Crippen LogP) is 0.123. The molecule has 9 heavy (non-hydrogen) atoms. The van der Waals surface area contributed by atoms with Gasteiger partial charge in [0.25, 0.3) is 0 Å². The molecule has 0 amide bonds. The Morgan fingerprint density at radius 3 is 2.67 bits per heavy atom. The molecule has 2 N–H and O–H groups in total. The molecule has 1 unspecified atom stereocenters. The molecule has 54 valence electrons. The van der Waals surface area contributed by atoms with Crippen molar-refractivity contribution in [2.75, 3.05) is 12.4 Å². The number of hydrogen-bond acceptors (Lipinski definition) is 4. The van der Waals surface area contributed by atoms with Gasteiger partial charge in [-0.2, -0.15) is 0 Å². The molecule has 0 heterocycles. The molecule has 0 spiro atoms. The van der Waals surface area contributed by atoms with E-state index in [4.69, 9.17) is 10.2 Å². The van der Waals surface area contributed by atoms with E-state index in [1.54, 1.807) is 0 Å². The van der Waals surface area contributed by atoms with E-state index in [1.807, 2.05) is 0 Å². The van der Waals surface area contributed by atoms with Crippen LogP contribution < -0.4 is 0 Å². The normalized spacial score (nSPS) is 13.2. The average molecular weight is 168 g/mol. The highest BCUT2D eigenvalue weighted by molar-refractivity contribution is 8.32. The van der Waals surface area contributed by atoms with Crippen LogP contribution in [-0.4, -0.2) is 33.1 Å². The number of thiol groups is 1. The van der Waals surface area contributed by atoms with Crippen molar-refractivity contribution >= 4 is 28.8 Å². The van der Waals surface area contributed by atoms with Crippen molar-refractivity contribution in [3.8, 4) is 0 Å². The van der Waals surface area contributed by atoms with Crippen LogP contribution in [0.4, 0.5) is 4.79 Å². The summed E-state index contributed by atoms with van der Waals surface area (Å²) in [6.45, 7) is -0.311. The molecule has 0 radical (unpaired) electrons. The molecule has 0 rings (SSSR count). The highest BCUT2D eigenvalue weighted by Crippen LogP contribution is 2.07. The molecular weight excluding hydrogens is 160 g/mol. The lowest BCUT2D eigenvalue weighted by Crippen LogP contribution is -2.14. The maximum atomic E-state index is 10.1. The summed E-state index contributed by atoms with van der Waals surface area (Å²) in [4.78, 5) is 10.1. The van der Waals surface area contributed by atoms with Crippen LogP contribution in [0.2, 0.25) is 0 Å². The topological polar surface area (TPSA) is 57.5 Å². The molecular formula is C4H8O3S2. The van der Waals surface area contributed by atoms with Crippen molar-refractivity contribution in [3.05, 3.63) is 0 Å². The lowest BCUT2D eigenvalue weighted by Gasteiger charge is -2.01. The van der Waals surface area contributed by atoms with Crippen molar-refractivity contribution in [2.24, 2.45) is 0 Å². The van der Waals surface area contributed by atoms with Crippen molar-refractivity contribution in [2.45, 2.75) is 6.10 Å². The maximum Gasteiger partial charge on any atom is 0.243 e. The molecule has 5 heteroatoms. The molecule has 0 saturated heterocycles. The second-order valence-corrected chi connectivity index (χ2v) is 3.11. The van der Waals surface area contributed by atoms with Gasteiger partial charge in [0.15, 0.2) is 0 Å². The zero-order valence-electron chi connectivity index (χ0n) is 4.65. The van der Waals surface area contributed by atoms with Crippen molar-refractivity contribution < 1.29 is 15.0 Å². The summed E-state index contributed by atoms with van der Waals surface area (Å²) in [7, 11) is 0. The van der Waals surface area contributed by atoms with E-state index >= 15 is 0 Å². The fourth-order valence-electron chi connectivity index (χ4n) is 0.220. The summed E-state index contributed by atoms with van der Waals surface area (Å²) in [6, 6.07) is 0. The van der Waals surface area contributed by atoms with Crippen LogP contribution in [0.1, 0.15) is 0 Å². The third-order valence-corrected chi connectivity index (χ3v) is 1.80. The van der Waals surface area contributed by atoms with Gasteiger partial charge in [-0.05, 0) is 0 Å². The van der Waals surface area contributed by atoms with Gasteiger partial charge in [-0.25, -0.2) is 0 Å². The maximum absolute atomic E-state index is 10.1. The zero-order valence-corrected chi connectivity index (χ0v) is 6.36. The largest absolute Gasteiger partial charge is 0.394 e. The summed E-state index contributed by atoms with van der Waals surface area (Å²) in [5.74, 6) is 0.207. The summed E-state index contributed by atoms with van der Waals surface area (Å²) in [5, 5.41) is 16.9. The Morgan fingerprint density at radius 1 is 1.78 bits per heavy atom. The van der Waals surface area contributed by atoms with Crippen LogP contribution in [0.5, 0.6) is 0 Å². The highest BCUT2D eigenvalue weighted by atomic mass is 32.2. The van der Waals surface area contributed by atoms with E-state index < -0.39 is 6.10 Å². The minimum atomic E-state index is -0.814. The summed E-state index contributed by atoms with van der Waals surface area (Å²) in [5.41, 5.74) is 0. The van der Waals surface area contributed by atoms with Crippen LogP contribution in [0.15, 0.2) is 0 Å². The highest BCUT2D eigenvalue weighted by Gasteiger charge is 2.03. The monoisotopic (exact) mass is 168 g/mol. The second kappa shape index (κ2) is 5.10. The van der Waals surface area contributed by atoms with Gasteiger partial charge in [-0.1, -0.05) is 24.4 Å². The smallest absolute Gasteiger partial charge is 0.243 e. The van der Waals surface area contributed by atoms with Gasteiger partial charge < -0.3 is 10.2 Å². The molecule has 0 aromatic rings. The fourth-order valence-corrected chi connectivity index (χ4v) is 0.884. The molecule has 0 aliphatic heterocycles. The van der Waals surface area contributed by atoms with Gasteiger partial charge in [0.1, 0.15) is 0 Å². The Labute approximate surface area is 62.9 Å². The third-order valence-electron chi connectivity index (χ3n) is 0.610. The number of carbonyl (C=O) groups excluding carboxylic acids is 1. The number of thioether (sulfide) groups is 1. The fraction of sp³-hybridized carbons (Fsp3) is 0.750. The number of aliphatic hydroxyl groups excluding tert-OH is 2. The van der Waals surface area contributed by atoms with Crippen LogP contribution >= 0.6 is 24.4 Å². The second-order valence-electron chi connectivity index (χ2n) is 1.41. The molecule has 0 saturated carbocycles. The van der Waals surface area contributed by atoms with Gasteiger partial charge in [-0.3, -0.25) is 4.79 Å². The van der Waals surface area contributed by atoms with E-state index in [0.717, 1.165) is 11.8 Å². The zero-order chi connectivity index (χ0) is 7.28. The SMILES string of the molecule is O=C(S)SCC(O)CO. The molecule has 0 bridgehead atoms. The quantitative estimate of drug-likeness (QED) is 0.524. The molecule has 0 aliphatic carbocycles. The van der Waals surface area contributed by atoms with E-state index in [1.165, 1.54) is 0 Å². The van der Waals surface area contributed by atoms with Crippen LogP contribution in [-0.2, 0) is 0 Å². The molecule has 0 fully saturated rings. The van der Waals surface area contributed by atoms with Crippen LogP contribution in [0.25, 0.3) is 0 Å². The van der Waals surface area contributed by atoms with Gasteiger partial charge in [0, 0.05) is 5.75 Å². The molecule has 1 atom stereocenters. The molecule has 0 aromatic carbocycles. The molecule has 0 aromatic heterocycles. The summed E-state index contributed by atoms with van der Waals surface area (Å²) >= 11 is 4.32. The van der Waals surface area contributed by atoms with Crippen molar-refractivity contribution in [3.63, 3.8) is 0 Å². The first-order chi connectivity index (χ1) is 4.16. The first-order valence-electron chi connectivity index (χ1n) is 2.31. The van der Waals surface area contributed by atoms with E-state index in [2.05, 4.69) is 12.6 Å². The van der Waals surface area contributed by atoms with Gasteiger partial charge in [-0.15, -0.1) is 0 Å². The summed E-state index contributed by atoms with van der Waals surface area (Å²) in [6.07, 6.45) is -0.814. The van der Waals surface area contributed by atoms with E-state index in [0.29, 0.717) is 0 Å². The lowest BCUT2D eigenvalue weighted by atomic mass is 10.4. The van der Waals surface area contributed by atoms with E-state index in [-0.39, 0.29) is 16.8 Å². The third kappa shape index (κ3) is 6.17. The Morgan fingerprint density at radius 2 is 2.33 bits per heavy atom. The molecule has 3 nitrogen and oxygen atoms in total. The van der Waals surface area contributed by atoms with E-state index in [9.17, 15) is 4.79 Å². The van der Waals surface area contributed by atoms with Gasteiger partial charge in [0.2, 0.25) is 4.45 Å². The predicted molar refractivity (Wildman–Crippen MR) is 39.9 cm³/mol. The summed E-state index contributed by atoms with van der Waals surface area (Å²) < 4.78 is -0.345. The average Bonchev–Trinajstić information content (AvgIpc) is 1.83. The van der Waals surface area contributed by atoms with Crippen molar-refractivity contribution in [1.29, 1.82) is 0 Å². The standard InChI is InChI=1S/C4H8O3S2/c5-1-3(6)2-9-4(7)8/h3,5-6H,1-2H2,(H,7,8). The Kier molecular flexibility index (Phi) is 5.27. The molecule has 0 aliphatic rings. The number of aliphatic hydroxyl groups is 2. The number of hydrogen-bond donors (Lipinski definition) is 3. The minimum absolute atomic E-state index is 0.207. The first-order valence-corrected chi connectivity index (χ1v) is 3.74. The van der Waals surface area contributed by atoms with Crippen LogP contribution in [0.3, 0.4) is 0 Å². The van der Waals surface area contributed by atoms with Gasteiger partial charge >= 0.3 is 0 Å². The number of rotatable bonds is 3. The Hall–Kier alpha value is 0.290. The first kappa shape index (κ1) is 9.29. The van der Waals surface area contributed by atoms with Crippen LogP contribution in [0, 0.1) is 0 Å².